The highest BCUT2D eigenvalue weighted by Gasteiger charge is 2.20. The molecule has 2 aromatic carbocycles. The van der Waals surface area contributed by atoms with Gasteiger partial charge in [0.1, 0.15) is 10.6 Å². The number of methoxy groups -OCH3 is 1. The monoisotopic (exact) mass is 339 g/mol. The summed E-state index contributed by atoms with van der Waals surface area (Å²) in [6.45, 7) is 3.82. The Labute approximate surface area is 136 Å². The van der Waals surface area contributed by atoms with Crippen molar-refractivity contribution in [3.8, 4) is 5.75 Å². The summed E-state index contributed by atoms with van der Waals surface area (Å²) in [7, 11) is -2.30. The lowest BCUT2D eigenvalue weighted by Crippen LogP contribution is -2.14. The van der Waals surface area contributed by atoms with E-state index in [1.54, 1.807) is 30.3 Å². The van der Waals surface area contributed by atoms with E-state index in [4.69, 9.17) is 16.3 Å². The van der Waals surface area contributed by atoms with Crippen LogP contribution in [0.5, 0.6) is 5.75 Å². The molecule has 0 fully saturated rings. The van der Waals surface area contributed by atoms with E-state index >= 15 is 0 Å². The van der Waals surface area contributed by atoms with Crippen molar-refractivity contribution in [1.82, 2.24) is 0 Å². The molecule has 0 saturated carbocycles. The molecular formula is C16H18ClNO3S. The lowest BCUT2D eigenvalue weighted by Gasteiger charge is -2.13. The van der Waals surface area contributed by atoms with Gasteiger partial charge in [-0.05, 0) is 48.7 Å². The molecule has 0 amide bonds. The van der Waals surface area contributed by atoms with Crippen LogP contribution in [0.15, 0.2) is 41.3 Å². The van der Waals surface area contributed by atoms with Gasteiger partial charge in [0, 0.05) is 5.02 Å². The van der Waals surface area contributed by atoms with Gasteiger partial charge in [-0.3, -0.25) is 4.72 Å². The maximum atomic E-state index is 12.6. The van der Waals surface area contributed by atoms with Gasteiger partial charge in [0.05, 0.1) is 12.8 Å². The summed E-state index contributed by atoms with van der Waals surface area (Å²) in [5.74, 6) is 0.308. The summed E-state index contributed by atoms with van der Waals surface area (Å²) in [6.07, 6.45) is 0.739. The van der Waals surface area contributed by atoms with E-state index < -0.39 is 10.0 Å². The number of benzene rings is 2. The smallest absolute Gasteiger partial charge is 0.265 e. The van der Waals surface area contributed by atoms with Gasteiger partial charge in [0.25, 0.3) is 10.0 Å². The van der Waals surface area contributed by atoms with Gasteiger partial charge in [-0.1, -0.05) is 30.7 Å². The van der Waals surface area contributed by atoms with Crippen molar-refractivity contribution in [2.75, 3.05) is 11.8 Å². The molecule has 0 spiro atoms. The fraction of sp³-hybridized carbons (Fsp3) is 0.250. The lowest BCUT2D eigenvalue weighted by molar-refractivity contribution is 0.402. The molecule has 1 N–H and O–H groups in total. The summed E-state index contributed by atoms with van der Waals surface area (Å²) in [5, 5.41) is 0.509. The Hall–Kier alpha value is -1.72. The van der Waals surface area contributed by atoms with Crippen LogP contribution in [0.1, 0.15) is 18.1 Å². The van der Waals surface area contributed by atoms with Crippen LogP contribution in [0.2, 0.25) is 5.02 Å². The predicted octanol–water partition coefficient (Wildman–Crippen LogP) is 4.02. The molecule has 0 radical (unpaired) electrons. The zero-order valence-corrected chi connectivity index (χ0v) is 14.3. The molecule has 2 rings (SSSR count). The van der Waals surface area contributed by atoms with Crippen molar-refractivity contribution < 1.29 is 13.2 Å². The molecule has 0 bridgehead atoms. The van der Waals surface area contributed by atoms with Gasteiger partial charge < -0.3 is 4.74 Å². The average molecular weight is 340 g/mol. The molecule has 0 unspecified atom stereocenters. The molecular weight excluding hydrogens is 322 g/mol. The zero-order chi connectivity index (χ0) is 16.3. The third-order valence-electron chi connectivity index (χ3n) is 3.35. The van der Waals surface area contributed by atoms with Crippen molar-refractivity contribution in [2.45, 2.75) is 25.2 Å². The van der Waals surface area contributed by atoms with Gasteiger partial charge in [0.15, 0.2) is 0 Å². The second kappa shape index (κ2) is 6.58. The molecule has 0 aliphatic heterocycles. The standard InChI is InChI=1S/C16H18ClNO3S/c1-4-12-6-8-15(21-3)16(9-12)22(19,20)18-13-7-5-11(2)14(17)10-13/h5-10,18H,4H2,1-3H3. The fourth-order valence-electron chi connectivity index (χ4n) is 2.02. The average Bonchev–Trinajstić information content (AvgIpc) is 2.50. The van der Waals surface area contributed by atoms with E-state index in [9.17, 15) is 8.42 Å². The minimum absolute atomic E-state index is 0.117. The van der Waals surface area contributed by atoms with Crippen LogP contribution >= 0.6 is 11.6 Å². The predicted molar refractivity (Wildman–Crippen MR) is 89.4 cm³/mol. The Balaban J connectivity index is 2.43. The first-order valence-electron chi connectivity index (χ1n) is 6.83. The Morgan fingerprint density at radius 3 is 2.50 bits per heavy atom. The van der Waals surface area contributed by atoms with Crippen LogP contribution in [0.25, 0.3) is 0 Å². The highest BCUT2D eigenvalue weighted by molar-refractivity contribution is 7.92. The highest BCUT2D eigenvalue weighted by Crippen LogP contribution is 2.28. The summed E-state index contributed by atoms with van der Waals surface area (Å²) >= 11 is 6.04. The number of rotatable bonds is 5. The van der Waals surface area contributed by atoms with Crippen molar-refractivity contribution in [1.29, 1.82) is 0 Å². The number of aryl methyl sites for hydroxylation is 2. The van der Waals surface area contributed by atoms with Crippen LogP contribution < -0.4 is 9.46 Å². The Morgan fingerprint density at radius 1 is 1.18 bits per heavy atom. The second-order valence-corrected chi connectivity index (χ2v) is 6.97. The summed E-state index contributed by atoms with van der Waals surface area (Å²) in [6, 6.07) is 10.2. The Bertz CT molecular complexity index is 788. The quantitative estimate of drug-likeness (QED) is 0.895. The van der Waals surface area contributed by atoms with E-state index in [1.807, 2.05) is 19.9 Å². The molecule has 2 aromatic rings. The molecule has 0 aliphatic carbocycles. The number of halogens is 1. The zero-order valence-electron chi connectivity index (χ0n) is 12.7. The van der Waals surface area contributed by atoms with Gasteiger partial charge in [-0.15, -0.1) is 0 Å². The van der Waals surface area contributed by atoms with Gasteiger partial charge in [-0.2, -0.15) is 0 Å². The van der Waals surface area contributed by atoms with E-state index in [0.29, 0.717) is 16.5 Å². The second-order valence-electron chi connectivity index (χ2n) is 4.91. The van der Waals surface area contributed by atoms with Crippen molar-refractivity contribution in [3.05, 3.63) is 52.5 Å². The van der Waals surface area contributed by atoms with Crippen LogP contribution in [0.3, 0.4) is 0 Å². The minimum Gasteiger partial charge on any atom is -0.495 e. The number of ether oxygens (including phenoxy) is 1. The molecule has 0 heterocycles. The highest BCUT2D eigenvalue weighted by atomic mass is 35.5. The van der Waals surface area contributed by atoms with Crippen molar-refractivity contribution >= 4 is 27.3 Å². The number of hydrogen-bond donors (Lipinski definition) is 1. The molecule has 0 saturated heterocycles. The maximum Gasteiger partial charge on any atom is 0.265 e. The first-order chi connectivity index (χ1) is 10.4. The Morgan fingerprint density at radius 2 is 1.91 bits per heavy atom. The number of nitrogens with one attached hydrogen (secondary N) is 1. The normalized spacial score (nSPS) is 11.3. The van der Waals surface area contributed by atoms with Crippen molar-refractivity contribution in [2.24, 2.45) is 0 Å². The SMILES string of the molecule is CCc1ccc(OC)c(S(=O)(=O)Nc2ccc(C)c(Cl)c2)c1. The third-order valence-corrected chi connectivity index (χ3v) is 5.16. The Kier molecular flexibility index (Phi) is 4.98. The first kappa shape index (κ1) is 16.6. The molecule has 118 valence electrons. The fourth-order valence-corrected chi connectivity index (χ4v) is 3.47. The van der Waals surface area contributed by atoms with Gasteiger partial charge in [-0.25, -0.2) is 8.42 Å². The van der Waals surface area contributed by atoms with E-state index in [1.165, 1.54) is 7.11 Å². The lowest BCUT2D eigenvalue weighted by atomic mass is 10.2. The largest absolute Gasteiger partial charge is 0.495 e. The molecule has 0 atom stereocenters. The maximum absolute atomic E-state index is 12.6. The van der Waals surface area contributed by atoms with Crippen LogP contribution in [0.4, 0.5) is 5.69 Å². The molecule has 0 aliphatic rings. The number of sulfonamides is 1. The summed E-state index contributed by atoms with van der Waals surface area (Å²) in [4.78, 5) is 0.117. The topological polar surface area (TPSA) is 55.4 Å². The number of hydrogen-bond acceptors (Lipinski definition) is 3. The van der Waals surface area contributed by atoms with Crippen LogP contribution in [-0.4, -0.2) is 15.5 Å². The molecule has 0 aromatic heterocycles. The molecule has 6 heteroatoms. The third kappa shape index (κ3) is 3.54. The van der Waals surface area contributed by atoms with Crippen LogP contribution in [0, 0.1) is 6.92 Å². The van der Waals surface area contributed by atoms with Crippen LogP contribution in [-0.2, 0) is 16.4 Å². The van der Waals surface area contributed by atoms with E-state index in [-0.39, 0.29) is 4.90 Å². The first-order valence-corrected chi connectivity index (χ1v) is 8.69. The minimum atomic E-state index is -3.75. The summed E-state index contributed by atoms with van der Waals surface area (Å²) in [5.41, 5.74) is 2.22. The van der Waals surface area contributed by atoms with Crippen molar-refractivity contribution in [3.63, 3.8) is 0 Å². The van der Waals surface area contributed by atoms with Gasteiger partial charge in [0.2, 0.25) is 0 Å². The van der Waals surface area contributed by atoms with E-state index in [2.05, 4.69) is 4.72 Å². The molecule has 22 heavy (non-hydrogen) atoms. The van der Waals surface area contributed by atoms with E-state index in [0.717, 1.165) is 17.5 Å². The molecule has 4 nitrogen and oxygen atoms in total. The number of anilines is 1. The summed E-state index contributed by atoms with van der Waals surface area (Å²) < 4.78 is 32.9. The van der Waals surface area contributed by atoms with Gasteiger partial charge >= 0.3 is 0 Å².